The Kier molecular flexibility index (Phi) is 6.06. The number of halogens is 1. The summed E-state index contributed by atoms with van der Waals surface area (Å²) in [6.07, 6.45) is 1.33. The van der Waals surface area contributed by atoms with Gasteiger partial charge in [-0.05, 0) is 23.9 Å². The van der Waals surface area contributed by atoms with Gasteiger partial charge in [0.25, 0.3) is 0 Å². The number of benzene rings is 1. The van der Waals surface area contributed by atoms with Crippen LogP contribution in [-0.4, -0.2) is 55.6 Å². The van der Waals surface area contributed by atoms with Gasteiger partial charge in [-0.25, -0.2) is 0 Å². The lowest BCUT2D eigenvalue weighted by atomic mass is 9.89. The topological polar surface area (TPSA) is 18.5 Å². The minimum absolute atomic E-state index is 0. The Balaban J connectivity index is 0.00000161. The van der Waals surface area contributed by atoms with Crippen LogP contribution in [0, 0.1) is 5.41 Å². The standard InChI is InChI=1S/C17H27N3.ClH/c1-17(7-8-18-14-17)15-20-11-9-19(10-12-20)13-16-5-3-2-4-6-16;/h2-6,18H,7-15H2,1H3;1H. The van der Waals surface area contributed by atoms with Gasteiger partial charge in [0.1, 0.15) is 0 Å². The molecule has 0 aromatic heterocycles. The summed E-state index contributed by atoms with van der Waals surface area (Å²) in [6.45, 7) is 12.1. The van der Waals surface area contributed by atoms with Crippen molar-refractivity contribution in [1.82, 2.24) is 15.1 Å². The van der Waals surface area contributed by atoms with Crippen LogP contribution in [0.3, 0.4) is 0 Å². The van der Waals surface area contributed by atoms with E-state index < -0.39 is 0 Å². The van der Waals surface area contributed by atoms with Crippen molar-refractivity contribution in [2.75, 3.05) is 45.8 Å². The molecule has 1 aromatic carbocycles. The first-order chi connectivity index (χ1) is 9.73. The molecule has 118 valence electrons. The smallest absolute Gasteiger partial charge is 0.0234 e. The summed E-state index contributed by atoms with van der Waals surface area (Å²) < 4.78 is 0. The second-order valence-corrected chi connectivity index (χ2v) is 6.78. The maximum absolute atomic E-state index is 3.51. The molecule has 1 N–H and O–H groups in total. The van der Waals surface area contributed by atoms with Crippen molar-refractivity contribution in [1.29, 1.82) is 0 Å². The fourth-order valence-corrected chi connectivity index (χ4v) is 3.49. The molecule has 0 amide bonds. The Bertz CT molecular complexity index is 409. The summed E-state index contributed by atoms with van der Waals surface area (Å²) in [5.74, 6) is 0. The maximum Gasteiger partial charge on any atom is 0.0234 e. The predicted molar refractivity (Wildman–Crippen MR) is 91.0 cm³/mol. The summed E-state index contributed by atoms with van der Waals surface area (Å²) in [5, 5.41) is 3.51. The highest BCUT2D eigenvalue weighted by Crippen LogP contribution is 2.26. The zero-order valence-corrected chi connectivity index (χ0v) is 13.9. The second-order valence-electron chi connectivity index (χ2n) is 6.78. The third kappa shape index (κ3) is 4.68. The number of hydrogen-bond acceptors (Lipinski definition) is 3. The molecule has 0 aliphatic carbocycles. The fourth-order valence-electron chi connectivity index (χ4n) is 3.49. The van der Waals surface area contributed by atoms with Crippen LogP contribution in [0.1, 0.15) is 18.9 Å². The lowest BCUT2D eigenvalue weighted by molar-refractivity contribution is 0.0933. The Morgan fingerprint density at radius 3 is 2.33 bits per heavy atom. The lowest BCUT2D eigenvalue weighted by Crippen LogP contribution is -2.49. The Morgan fingerprint density at radius 2 is 1.71 bits per heavy atom. The van der Waals surface area contributed by atoms with Crippen molar-refractivity contribution in [3.05, 3.63) is 35.9 Å². The molecule has 0 saturated carbocycles. The molecule has 0 spiro atoms. The molecule has 1 aromatic rings. The number of nitrogens with zero attached hydrogens (tertiary/aromatic N) is 2. The lowest BCUT2D eigenvalue weighted by Gasteiger charge is -2.38. The van der Waals surface area contributed by atoms with Crippen molar-refractivity contribution in [3.8, 4) is 0 Å². The van der Waals surface area contributed by atoms with Crippen molar-refractivity contribution in [2.24, 2.45) is 5.41 Å². The van der Waals surface area contributed by atoms with E-state index >= 15 is 0 Å². The molecule has 3 rings (SSSR count). The van der Waals surface area contributed by atoms with E-state index in [2.05, 4.69) is 52.4 Å². The van der Waals surface area contributed by atoms with Gasteiger partial charge in [0, 0.05) is 45.8 Å². The van der Waals surface area contributed by atoms with Gasteiger partial charge >= 0.3 is 0 Å². The minimum Gasteiger partial charge on any atom is -0.316 e. The molecule has 2 aliphatic rings. The normalized spacial score (nSPS) is 27.5. The number of nitrogens with one attached hydrogen (secondary N) is 1. The van der Waals surface area contributed by atoms with Gasteiger partial charge in [0.05, 0.1) is 0 Å². The van der Waals surface area contributed by atoms with Crippen LogP contribution in [0.15, 0.2) is 30.3 Å². The van der Waals surface area contributed by atoms with Gasteiger partial charge in [0.15, 0.2) is 0 Å². The van der Waals surface area contributed by atoms with Crippen LogP contribution in [0.25, 0.3) is 0 Å². The van der Waals surface area contributed by atoms with Crippen LogP contribution >= 0.6 is 12.4 Å². The third-order valence-corrected chi connectivity index (χ3v) is 4.78. The fraction of sp³-hybridized carbons (Fsp3) is 0.647. The molecule has 1 unspecified atom stereocenters. The third-order valence-electron chi connectivity index (χ3n) is 4.78. The van der Waals surface area contributed by atoms with Gasteiger partial charge < -0.3 is 10.2 Å². The molecule has 1 atom stereocenters. The molecule has 2 fully saturated rings. The Labute approximate surface area is 135 Å². The van der Waals surface area contributed by atoms with E-state index in [0.29, 0.717) is 5.41 Å². The van der Waals surface area contributed by atoms with E-state index in [1.54, 1.807) is 0 Å². The van der Waals surface area contributed by atoms with E-state index in [1.165, 1.54) is 57.8 Å². The molecule has 0 bridgehead atoms. The highest BCUT2D eigenvalue weighted by atomic mass is 35.5. The molecule has 2 aliphatic heterocycles. The first-order valence-electron chi connectivity index (χ1n) is 7.93. The monoisotopic (exact) mass is 309 g/mol. The van der Waals surface area contributed by atoms with Crippen molar-refractivity contribution in [2.45, 2.75) is 19.9 Å². The van der Waals surface area contributed by atoms with Gasteiger partial charge in [0.2, 0.25) is 0 Å². The van der Waals surface area contributed by atoms with Gasteiger partial charge in [-0.1, -0.05) is 37.3 Å². The number of rotatable bonds is 4. The van der Waals surface area contributed by atoms with Gasteiger partial charge in [-0.15, -0.1) is 12.4 Å². The molecular weight excluding hydrogens is 282 g/mol. The molecular formula is C17H28ClN3. The van der Waals surface area contributed by atoms with E-state index in [1.807, 2.05) is 0 Å². The molecule has 3 nitrogen and oxygen atoms in total. The second kappa shape index (κ2) is 7.59. The van der Waals surface area contributed by atoms with Gasteiger partial charge in [-0.2, -0.15) is 0 Å². The van der Waals surface area contributed by atoms with Crippen molar-refractivity contribution < 1.29 is 0 Å². The summed E-state index contributed by atoms with van der Waals surface area (Å²) in [4.78, 5) is 5.25. The van der Waals surface area contributed by atoms with Crippen molar-refractivity contribution in [3.63, 3.8) is 0 Å². The number of hydrogen-bond donors (Lipinski definition) is 1. The van der Waals surface area contributed by atoms with Gasteiger partial charge in [-0.3, -0.25) is 4.90 Å². The molecule has 0 radical (unpaired) electrons. The molecule has 2 heterocycles. The molecule has 2 saturated heterocycles. The largest absolute Gasteiger partial charge is 0.316 e. The zero-order valence-electron chi connectivity index (χ0n) is 13.1. The Morgan fingerprint density at radius 1 is 1.05 bits per heavy atom. The van der Waals surface area contributed by atoms with E-state index in [9.17, 15) is 0 Å². The zero-order chi connectivity index (χ0) is 13.8. The van der Waals surface area contributed by atoms with Crippen LogP contribution in [0.2, 0.25) is 0 Å². The molecule has 4 heteroatoms. The quantitative estimate of drug-likeness (QED) is 0.920. The summed E-state index contributed by atoms with van der Waals surface area (Å²) >= 11 is 0. The van der Waals surface area contributed by atoms with E-state index in [-0.39, 0.29) is 12.4 Å². The first kappa shape index (κ1) is 16.8. The highest BCUT2D eigenvalue weighted by molar-refractivity contribution is 5.85. The Hall–Kier alpha value is -0.610. The first-order valence-corrected chi connectivity index (χ1v) is 7.93. The maximum atomic E-state index is 3.51. The molecule has 21 heavy (non-hydrogen) atoms. The van der Waals surface area contributed by atoms with E-state index in [0.717, 1.165) is 6.54 Å². The minimum atomic E-state index is 0. The SMILES string of the molecule is CC1(CN2CCN(Cc3ccccc3)CC2)CCNC1.Cl. The highest BCUT2D eigenvalue weighted by Gasteiger charge is 2.31. The summed E-state index contributed by atoms with van der Waals surface area (Å²) in [7, 11) is 0. The number of piperazine rings is 1. The summed E-state index contributed by atoms with van der Waals surface area (Å²) in [5.41, 5.74) is 1.94. The average Bonchev–Trinajstić information content (AvgIpc) is 2.89. The van der Waals surface area contributed by atoms with Crippen LogP contribution in [0.5, 0.6) is 0 Å². The van der Waals surface area contributed by atoms with Crippen LogP contribution in [-0.2, 0) is 6.54 Å². The summed E-state index contributed by atoms with van der Waals surface area (Å²) in [6, 6.07) is 10.8. The van der Waals surface area contributed by atoms with Crippen LogP contribution < -0.4 is 5.32 Å². The average molecular weight is 310 g/mol. The van der Waals surface area contributed by atoms with E-state index in [4.69, 9.17) is 0 Å². The van der Waals surface area contributed by atoms with Crippen LogP contribution in [0.4, 0.5) is 0 Å². The predicted octanol–water partition coefficient (Wildman–Crippen LogP) is 2.23. The van der Waals surface area contributed by atoms with Crippen molar-refractivity contribution >= 4 is 12.4 Å².